The summed E-state index contributed by atoms with van der Waals surface area (Å²) in [6.07, 6.45) is 0. The molecule has 0 saturated carbocycles. The topological polar surface area (TPSA) is 32.3 Å². The molecule has 2 aromatic carbocycles. The summed E-state index contributed by atoms with van der Waals surface area (Å²) in [6.45, 7) is 3.13. The van der Waals surface area contributed by atoms with Crippen LogP contribution in [0.3, 0.4) is 0 Å². The molecular weight excluding hydrogens is 222 g/mol. The fourth-order valence-corrected chi connectivity index (χ4v) is 1.95. The summed E-state index contributed by atoms with van der Waals surface area (Å²) < 4.78 is 0. The first-order valence-corrected chi connectivity index (χ1v) is 6.21. The molecule has 2 N–H and O–H groups in total. The molecule has 0 aliphatic carbocycles. The fourth-order valence-electron chi connectivity index (χ4n) is 1.95. The molecule has 2 nitrogen and oxygen atoms in total. The quantitative estimate of drug-likeness (QED) is 0.843. The van der Waals surface area contributed by atoms with Gasteiger partial charge >= 0.3 is 0 Å². The van der Waals surface area contributed by atoms with Crippen molar-refractivity contribution in [2.75, 3.05) is 6.54 Å². The van der Waals surface area contributed by atoms with E-state index in [9.17, 15) is 5.11 Å². The third kappa shape index (κ3) is 3.42. The van der Waals surface area contributed by atoms with Crippen molar-refractivity contribution < 1.29 is 5.11 Å². The SMILES string of the molecule is CC(O)(CNCc1ccccc1)c1ccccc1. The minimum absolute atomic E-state index is 0.534. The molecule has 94 valence electrons. The van der Waals surface area contributed by atoms with E-state index in [-0.39, 0.29) is 0 Å². The van der Waals surface area contributed by atoms with Crippen LogP contribution < -0.4 is 5.32 Å². The monoisotopic (exact) mass is 241 g/mol. The predicted octanol–water partition coefficient (Wildman–Crippen LogP) is 2.68. The number of hydrogen-bond acceptors (Lipinski definition) is 2. The molecule has 0 bridgehead atoms. The van der Waals surface area contributed by atoms with Gasteiger partial charge in [0.1, 0.15) is 0 Å². The Kier molecular flexibility index (Phi) is 4.13. The zero-order chi connectivity index (χ0) is 12.8. The second-order valence-corrected chi connectivity index (χ2v) is 4.73. The largest absolute Gasteiger partial charge is 0.384 e. The molecular formula is C16H19NO. The molecule has 1 atom stereocenters. The van der Waals surface area contributed by atoms with E-state index in [4.69, 9.17) is 0 Å². The summed E-state index contributed by atoms with van der Waals surface area (Å²) in [5, 5.41) is 13.7. The van der Waals surface area contributed by atoms with Crippen LogP contribution in [-0.4, -0.2) is 11.7 Å². The third-order valence-electron chi connectivity index (χ3n) is 3.04. The van der Waals surface area contributed by atoms with E-state index in [0.717, 1.165) is 12.1 Å². The summed E-state index contributed by atoms with van der Waals surface area (Å²) in [5.74, 6) is 0. The highest BCUT2D eigenvalue weighted by molar-refractivity contribution is 5.22. The number of aliphatic hydroxyl groups is 1. The summed E-state index contributed by atoms with van der Waals surface area (Å²) in [7, 11) is 0. The zero-order valence-electron chi connectivity index (χ0n) is 10.6. The Morgan fingerprint density at radius 1 is 0.944 bits per heavy atom. The molecule has 1 unspecified atom stereocenters. The minimum atomic E-state index is -0.837. The maximum atomic E-state index is 10.4. The summed E-state index contributed by atoms with van der Waals surface area (Å²) >= 11 is 0. The van der Waals surface area contributed by atoms with Crippen molar-refractivity contribution in [3.05, 3.63) is 71.8 Å². The van der Waals surface area contributed by atoms with Gasteiger partial charge in [-0.3, -0.25) is 0 Å². The molecule has 2 aromatic rings. The molecule has 18 heavy (non-hydrogen) atoms. The van der Waals surface area contributed by atoms with E-state index in [0.29, 0.717) is 6.54 Å². The van der Waals surface area contributed by atoms with Gasteiger partial charge < -0.3 is 10.4 Å². The standard InChI is InChI=1S/C16H19NO/c1-16(18,15-10-6-3-7-11-15)13-17-12-14-8-4-2-5-9-14/h2-11,17-18H,12-13H2,1H3. The van der Waals surface area contributed by atoms with Gasteiger partial charge in [-0.2, -0.15) is 0 Å². The molecule has 0 aliphatic rings. The van der Waals surface area contributed by atoms with Crippen molar-refractivity contribution in [2.45, 2.75) is 19.1 Å². The van der Waals surface area contributed by atoms with E-state index >= 15 is 0 Å². The lowest BCUT2D eigenvalue weighted by Gasteiger charge is -2.24. The maximum absolute atomic E-state index is 10.4. The average Bonchev–Trinajstić information content (AvgIpc) is 2.41. The highest BCUT2D eigenvalue weighted by Crippen LogP contribution is 2.18. The van der Waals surface area contributed by atoms with Crippen molar-refractivity contribution in [1.82, 2.24) is 5.32 Å². The molecule has 0 amide bonds. The normalized spacial score (nSPS) is 14.1. The van der Waals surface area contributed by atoms with E-state index in [1.807, 2.05) is 55.5 Å². The number of hydrogen-bond donors (Lipinski definition) is 2. The minimum Gasteiger partial charge on any atom is -0.384 e. The van der Waals surface area contributed by atoms with Crippen LogP contribution in [0, 0.1) is 0 Å². The van der Waals surface area contributed by atoms with Crippen molar-refractivity contribution in [1.29, 1.82) is 0 Å². The molecule has 0 heterocycles. The lowest BCUT2D eigenvalue weighted by Crippen LogP contribution is -2.35. The van der Waals surface area contributed by atoms with Gasteiger partial charge in [-0.15, -0.1) is 0 Å². The molecule has 2 rings (SSSR count). The Bertz CT molecular complexity index is 465. The summed E-state index contributed by atoms with van der Waals surface area (Å²) in [6, 6.07) is 19.9. The van der Waals surface area contributed by atoms with Crippen LogP contribution >= 0.6 is 0 Å². The van der Waals surface area contributed by atoms with Crippen molar-refractivity contribution in [3.63, 3.8) is 0 Å². The molecule has 2 heteroatoms. The number of rotatable bonds is 5. The Labute approximate surface area is 108 Å². The highest BCUT2D eigenvalue weighted by Gasteiger charge is 2.21. The van der Waals surface area contributed by atoms with Gasteiger partial charge in [-0.05, 0) is 18.1 Å². The molecule has 0 aliphatic heterocycles. The van der Waals surface area contributed by atoms with Crippen LogP contribution in [0.1, 0.15) is 18.1 Å². The fraction of sp³-hybridized carbons (Fsp3) is 0.250. The highest BCUT2D eigenvalue weighted by atomic mass is 16.3. The van der Waals surface area contributed by atoms with Gasteiger partial charge in [0.2, 0.25) is 0 Å². The Morgan fingerprint density at radius 2 is 1.50 bits per heavy atom. The second-order valence-electron chi connectivity index (χ2n) is 4.73. The Balaban J connectivity index is 1.90. The first kappa shape index (κ1) is 12.8. The van der Waals surface area contributed by atoms with Crippen molar-refractivity contribution in [2.24, 2.45) is 0 Å². The lowest BCUT2D eigenvalue weighted by atomic mass is 9.96. The van der Waals surface area contributed by atoms with E-state index in [2.05, 4.69) is 17.4 Å². The van der Waals surface area contributed by atoms with Gasteiger partial charge in [0.05, 0.1) is 5.60 Å². The maximum Gasteiger partial charge on any atom is 0.0992 e. The van der Waals surface area contributed by atoms with Crippen LogP contribution in [0.5, 0.6) is 0 Å². The van der Waals surface area contributed by atoms with Crippen molar-refractivity contribution >= 4 is 0 Å². The van der Waals surface area contributed by atoms with Gasteiger partial charge in [0.25, 0.3) is 0 Å². The average molecular weight is 241 g/mol. The van der Waals surface area contributed by atoms with Crippen molar-refractivity contribution in [3.8, 4) is 0 Å². The second kappa shape index (κ2) is 5.80. The molecule has 0 fully saturated rings. The zero-order valence-corrected chi connectivity index (χ0v) is 10.6. The number of benzene rings is 2. The third-order valence-corrected chi connectivity index (χ3v) is 3.04. The van der Waals surface area contributed by atoms with Gasteiger partial charge in [-0.1, -0.05) is 60.7 Å². The van der Waals surface area contributed by atoms with E-state index in [1.165, 1.54) is 5.56 Å². The van der Waals surface area contributed by atoms with Crippen LogP contribution in [0.4, 0.5) is 0 Å². The van der Waals surface area contributed by atoms with E-state index in [1.54, 1.807) is 0 Å². The first-order chi connectivity index (χ1) is 8.68. The van der Waals surface area contributed by atoms with Gasteiger partial charge in [0, 0.05) is 13.1 Å². The lowest BCUT2D eigenvalue weighted by molar-refractivity contribution is 0.0567. The summed E-state index contributed by atoms with van der Waals surface area (Å²) in [4.78, 5) is 0. The first-order valence-electron chi connectivity index (χ1n) is 6.21. The predicted molar refractivity (Wildman–Crippen MR) is 74.2 cm³/mol. The molecule has 0 spiro atoms. The molecule has 0 radical (unpaired) electrons. The molecule has 0 saturated heterocycles. The molecule has 0 aromatic heterocycles. The van der Waals surface area contributed by atoms with Crippen LogP contribution in [0.25, 0.3) is 0 Å². The van der Waals surface area contributed by atoms with Gasteiger partial charge in [-0.25, -0.2) is 0 Å². The smallest absolute Gasteiger partial charge is 0.0992 e. The number of nitrogens with one attached hydrogen (secondary N) is 1. The van der Waals surface area contributed by atoms with Gasteiger partial charge in [0.15, 0.2) is 0 Å². The van der Waals surface area contributed by atoms with Crippen LogP contribution in [0.2, 0.25) is 0 Å². The van der Waals surface area contributed by atoms with Crippen LogP contribution in [0.15, 0.2) is 60.7 Å². The van der Waals surface area contributed by atoms with E-state index < -0.39 is 5.60 Å². The summed E-state index contributed by atoms with van der Waals surface area (Å²) in [5.41, 5.74) is 1.32. The Morgan fingerprint density at radius 3 is 2.11 bits per heavy atom. The Hall–Kier alpha value is -1.64. The van der Waals surface area contributed by atoms with Crippen LogP contribution in [-0.2, 0) is 12.1 Å².